The maximum Gasteiger partial charge on any atom is 0.264 e. The van der Waals surface area contributed by atoms with Crippen LogP contribution in [0.25, 0.3) is 0 Å². The predicted molar refractivity (Wildman–Crippen MR) is 146 cm³/mol. The summed E-state index contributed by atoms with van der Waals surface area (Å²) in [7, 11) is 0. The second kappa shape index (κ2) is 10.4. The van der Waals surface area contributed by atoms with Crippen LogP contribution in [0.1, 0.15) is 61.7 Å². The number of imide groups is 2. The number of benzene rings is 3. The van der Waals surface area contributed by atoms with Crippen molar-refractivity contribution in [3.8, 4) is 6.07 Å². The van der Waals surface area contributed by atoms with E-state index in [4.69, 9.17) is 5.26 Å². The van der Waals surface area contributed by atoms with Gasteiger partial charge in [0.05, 0.1) is 22.8 Å². The van der Waals surface area contributed by atoms with E-state index >= 15 is 0 Å². The van der Waals surface area contributed by atoms with Crippen molar-refractivity contribution in [3.63, 3.8) is 0 Å². The summed E-state index contributed by atoms with van der Waals surface area (Å²) in [4.78, 5) is 53.5. The van der Waals surface area contributed by atoms with E-state index in [-0.39, 0.29) is 24.0 Å². The molecule has 0 spiro atoms. The van der Waals surface area contributed by atoms with Crippen LogP contribution < -0.4 is 10.6 Å². The van der Waals surface area contributed by atoms with Crippen LogP contribution in [0.5, 0.6) is 0 Å². The summed E-state index contributed by atoms with van der Waals surface area (Å²) in [5.74, 6) is -1.58. The standard InChI is InChI=1S/C31H27N5O4/c32-14-19-8-10-22(11-9-19)23-17-35(18-23)16-21-6-4-20(5-7-21)15-33-25-3-1-2-24-28(25)31(40)36(30(24)39)26-12-13-27(37)34-29(26)38/h1-11,23,26,33H,12-13,15-18H2,(H,34,37,38). The first-order valence-electron chi connectivity index (χ1n) is 13.3. The predicted octanol–water partition coefficient (Wildman–Crippen LogP) is 3.17. The van der Waals surface area contributed by atoms with E-state index in [9.17, 15) is 19.2 Å². The SMILES string of the molecule is N#Cc1ccc(C2CN(Cc3ccc(CNc4cccc5c4C(=O)N(C4CCC(=O)NC4=O)C5=O)cc3)C2)cc1. The summed E-state index contributed by atoms with van der Waals surface area (Å²) < 4.78 is 0. The topological polar surface area (TPSA) is 123 Å². The highest BCUT2D eigenvalue weighted by molar-refractivity contribution is 6.25. The Kier molecular flexibility index (Phi) is 6.62. The van der Waals surface area contributed by atoms with Gasteiger partial charge in [-0.3, -0.25) is 34.3 Å². The summed E-state index contributed by atoms with van der Waals surface area (Å²) in [6, 6.07) is 22.3. The van der Waals surface area contributed by atoms with Crippen LogP contribution in [0.3, 0.4) is 0 Å². The summed E-state index contributed by atoms with van der Waals surface area (Å²) in [5, 5.41) is 14.5. The van der Waals surface area contributed by atoms with Crippen LogP contribution >= 0.6 is 0 Å². The van der Waals surface area contributed by atoms with Gasteiger partial charge in [0.1, 0.15) is 6.04 Å². The molecule has 3 aliphatic heterocycles. The second-order valence-electron chi connectivity index (χ2n) is 10.5. The van der Waals surface area contributed by atoms with Crippen molar-refractivity contribution >= 4 is 29.3 Å². The number of carbonyl (C=O) groups excluding carboxylic acids is 4. The molecule has 2 N–H and O–H groups in total. The molecule has 3 aromatic rings. The molecule has 0 aromatic heterocycles. The number of likely N-dealkylation sites (tertiary alicyclic amines) is 1. The highest BCUT2D eigenvalue weighted by Gasteiger charge is 2.45. The van der Waals surface area contributed by atoms with E-state index < -0.39 is 29.7 Å². The van der Waals surface area contributed by atoms with Crippen LogP contribution in [0.4, 0.5) is 5.69 Å². The zero-order valence-corrected chi connectivity index (χ0v) is 21.7. The molecule has 3 aliphatic rings. The average Bonchev–Trinajstić information content (AvgIpc) is 3.20. The number of nitriles is 1. The Balaban J connectivity index is 1.06. The van der Waals surface area contributed by atoms with E-state index in [1.165, 1.54) is 11.1 Å². The van der Waals surface area contributed by atoms with Gasteiger partial charge in [-0.1, -0.05) is 42.5 Å². The Morgan fingerprint density at radius 1 is 0.900 bits per heavy atom. The van der Waals surface area contributed by atoms with Gasteiger partial charge in [-0.25, -0.2) is 0 Å². The highest BCUT2D eigenvalue weighted by atomic mass is 16.2. The number of nitrogens with zero attached hydrogens (tertiary/aromatic N) is 3. The Bertz CT molecular complexity index is 1550. The minimum absolute atomic E-state index is 0.0837. The molecule has 4 amide bonds. The van der Waals surface area contributed by atoms with Crippen molar-refractivity contribution in [3.05, 3.63) is 100 Å². The number of rotatable bonds is 7. The number of nitrogens with one attached hydrogen (secondary N) is 2. The van der Waals surface area contributed by atoms with Gasteiger partial charge in [0.15, 0.2) is 0 Å². The van der Waals surface area contributed by atoms with E-state index in [1.54, 1.807) is 18.2 Å². The van der Waals surface area contributed by atoms with Gasteiger partial charge in [-0.15, -0.1) is 0 Å². The second-order valence-corrected chi connectivity index (χ2v) is 10.5. The van der Waals surface area contributed by atoms with Crippen LogP contribution in [0.2, 0.25) is 0 Å². The molecule has 200 valence electrons. The molecule has 0 radical (unpaired) electrons. The molecule has 9 nitrogen and oxygen atoms in total. The third-order valence-corrected chi connectivity index (χ3v) is 7.85. The number of carbonyl (C=O) groups is 4. The molecular weight excluding hydrogens is 506 g/mol. The molecule has 1 unspecified atom stereocenters. The van der Waals surface area contributed by atoms with E-state index in [2.05, 4.69) is 33.7 Å². The lowest BCUT2D eigenvalue weighted by Crippen LogP contribution is -2.54. The molecule has 1 atom stereocenters. The highest BCUT2D eigenvalue weighted by Crippen LogP contribution is 2.33. The molecule has 3 heterocycles. The molecule has 3 aromatic carbocycles. The molecular formula is C31H27N5O4. The van der Waals surface area contributed by atoms with Gasteiger partial charge in [0.2, 0.25) is 11.8 Å². The average molecular weight is 534 g/mol. The van der Waals surface area contributed by atoms with Crippen molar-refractivity contribution in [2.75, 3.05) is 18.4 Å². The van der Waals surface area contributed by atoms with Crippen LogP contribution in [-0.4, -0.2) is 52.6 Å². The van der Waals surface area contributed by atoms with Gasteiger partial charge in [-0.2, -0.15) is 5.26 Å². The largest absolute Gasteiger partial charge is 0.380 e. The van der Waals surface area contributed by atoms with Crippen molar-refractivity contribution in [2.45, 2.75) is 37.9 Å². The van der Waals surface area contributed by atoms with Crippen LogP contribution in [0.15, 0.2) is 66.7 Å². The number of anilines is 1. The Morgan fingerprint density at radius 3 is 2.33 bits per heavy atom. The summed E-state index contributed by atoms with van der Waals surface area (Å²) in [6.45, 7) is 3.29. The van der Waals surface area contributed by atoms with Crippen LogP contribution in [-0.2, 0) is 22.7 Å². The fraction of sp³-hybridized carbons (Fsp3) is 0.258. The van der Waals surface area contributed by atoms with Gasteiger partial charge in [-0.05, 0) is 47.4 Å². The van der Waals surface area contributed by atoms with Crippen LogP contribution in [0, 0.1) is 11.3 Å². The normalized spacial score (nSPS) is 19.2. The summed E-state index contributed by atoms with van der Waals surface area (Å²) >= 11 is 0. The van der Waals surface area contributed by atoms with Crippen molar-refractivity contribution < 1.29 is 19.2 Å². The molecule has 40 heavy (non-hydrogen) atoms. The molecule has 0 saturated carbocycles. The van der Waals surface area contributed by atoms with Crippen molar-refractivity contribution in [2.24, 2.45) is 0 Å². The van der Waals surface area contributed by atoms with E-state index in [0.29, 0.717) is 23.7 Å². The zero-order chi connectivity index (χ0) is 27.8. The van der Waals surface area contributed by atoms with Gasteiger partial charge in [0.25, 0.3) is 11.8 Å². The Morgan fingerprint density at radius 2 is 1.62 bits per heavy atom. The third-order valence-electron chi connectivity index (χ3n) is 7.85. The Labute approximate surface area is 231 Å². The third kappa shape index (κ3) is 4.74. The molecule has 9 heteroatoms. The number of amides is 4. The van der Waals surface area contributed by atoms with Crippen molar-refractivity contribution in [1.82, 2.24) is 15.1 Å². The maximum absolute atomic E-state index is 13.3. The molecule has 0 aliphatic carbocycles. The molecule has 2 saturated heterocycles. The monoisotopic (exact) mass is 533 g/mol. The fourth-order valence-electron chi connectivity index (χ4n) is 5.62. The first-order valence-corrected chi connectivity index (χ1v) is 13.3. The number of hydrogen-bond acceptors (Lipinski definition) is 7. The summed E-state index contributed by atoms with van der Waals surface area (Å²) in [6.07, 6.45) is 0.207. The Hall–Kier alpha value is -4.81. The van der Waals surface area contributed by atoms with Gasteiger partial charge >= 0.3 is 0 Å². The first kappa shape index (κ1) is 25.5. The lowest BCUT2D eigenvalue weighted by atomic mass is 9.90. The minimum atomic E-state index is -0.990. The van der Waals surface area contributed by atoms with Gasteiger partial charge < -0.3 is 5.32 Å². The number of piperidine rings is 1. The molecule has 2 fully saturated rings. The fourth-order valence-corrected chi connectivity index (χ4v) is 5.62. The van der Waals surface area contributed by atoms with Gasteiger partial charge in [0, 0.05) is 44.2 Å². The smallest absolute Gasteiger partial charge is 0.264 e. The first-order chi connectivity index (χ1) is 19.4. The number of hydrogen-bond donors (Lipinski definition) is 2. The van der Waals surface area contributed by atoms with E-state index in [0.717, 1.165) is 30.1 Å². The summed E-state index contributed by atoms with van der Waals surface area (Å²) in [5.41, 5.74) is 5.23. The quantitative estimate of drug-likeness (QED) is 0.447. The van der Waals surface area contributed by atoms with Crippen molar-refractivity contribution in [1.29, 1.82) is 5.26 Å². The zero-order valence-electron chi connectivity index (χ0n) is 21.7. The number of fused-ring (bicyclic) bond motifs is 1. The van der Waals surface area contributed by atoms with E-state index in [1.807, 2.05) is 36.4 Å². The molecule has 6 rings (SSSR count). The lowest BCUT2D eigenvalue weighted by molar-refractivity contribution is -0.136. The maximum atomic E-state index is 13.3. The minimum Gasteiger partial charge on any atom is -0.380 e. The molecule has 0 bridgehead atoms. The lowest BCUT2D eigenvalue weighted by Gasteiger charge is -2.39.